The van der Waals surface area contributed by atoms with Gasteiger partial charge in [-0.3, -0.25) is 9.48 Å². The molecule has 1 aromatic heterocycles. The molecule has 1 heterocycles. The Morgan fingerprint density at radius 3 is 2.54 bits per heavy atom. The highest BCUT2D eigenvalue weighted by molar-refractivity contribution is 5.75. The molecule has 1 saturated carbocycles. The SMILES string of the molecule is Cc1ccc(CNC(=O)Cn2nc(C(F)(F)F)cc2C2CC2)cc1. The van der Waals surface area contributed by atoms with Crippen LogP contribution in [0.25, 0.3) is 0 Å². The molecular weight excluding hydrogens is 319 g/mol. The molecule has 128 valence electrons. The van der Waals surface area contributed by atoms with E-state index in [1.54, 1.807) is 0 Å². The first-order valence-corrected chi connectivity index (χ1v) is 7.80. The second-order valence-electron chi connectivity index (χ2n) is 6.15. The van der Waals surface area contributed by atoms with Gasteiger partial charge >= 0.3 is 6.18 Å². The van der Waals surface area contributed by atoms with Crippen LogP contribution < -0.4 is 5.32 Å². The third kappa shape index (κ3) is 3.96. The minimum absolute atomic E-state index is 0.0819. The van der Waals surface area contributed by atoms with Crippen LogP contribution in [0, 0.1) is 6.92 Å². The molecule has 0 bridgehead atoms. The Morgan fingerprint density at radius 2 is 1.96 bits per heavy atom. The first-order chi connectivity index (χ1) is 11.3. The Kier molecular flexibility index (Phi) is 4.34. The normalized spacial score (nSPS) is 14.7. The highest BCUT2D eigenvalue weighted by atomic mass is 19.4. The molecule has 4 nitrogen and oxygen atoms in total. The fourth-order valence-corrected chi connectivity index (χ4v) is 2.50. The number of nitrogens with zero attached hydrogens (tertiary/aromatic N) is 2. The molecule has 7 heteroatoms. The summed E-state index contributed by atoms with van der Waals surface area (Å²) in [5.74, 6) is -0.271. The van der Waals surface area contributed by atoms with Gasteiger partial charge in [-0.15, -0.1) is 0 Å². The van der Waals surface area contributed by atoms with Crippen LogP contribution in [0.1, 0.15) is 41.3 Å². The number of hydrogen-bond acceptors (Lipinski definition) is 2. The van der Waals surface area contributed by atoms with E-state index in [1.807, 2.05) is 31.2 Å². The number of aryl methyl sites for hydroxylation is 1. The van der Waals surface area contributed by atoms with Gasteiger partial charge < -0.3 is 5.32 Å². The predicted molar refractivity (Wildman–Crippen MR) is 82.2 cm³/mol. The number of hydrogen-bond donors (Lipinski definition) is 1. The topological polar surface area (TPSA) is 46.9 Å². The Labute approximate surface area is 137 Å². The third-order valence-electron chi connectivity index (χ3n) is 4.00. The predicted octanol–water partition coefficient (Wildman–Crippen LogP) is 3.40. The number of nitrogens with one attached hydrogen (secondary N) is 1. The van der Waals surface area contributed by atoms with E-state index in [-0.39, 0.29) is 18.4 Å². The quantitative estimate of drug-likeness (QED) is 0.909. The van der Waals surface area contributed by atoms with Crippen molar-refractivity contribution in [1.82, 2.24) is 15.1 Å². The Bertz CT molecular complexity index is 731. The number of benzene rings is 1. The Balaban J connectivity index is 1.65. The largest absolute Gasteiger partial charge is 0.435 e. The van der Waals surface area contributed by atoms with Crippen molar-refractivity contribution in [1.29, 1.82) is 0 Å². The lowest BCUT2D eigenvalue weighted by Crippen LogP contribution is -2.28. The second kappa shape index (κ2) is 6.30. The van der Waals surface area contributed by atoms with E-state index in [0.29, 0.717) is 12.2 Å². The second-order valence-corrected chi connectivity index (χ2v) is 6.15. The van der Waals surface area contributed by atoms with Gasteiger partial charge in [-0.05, 0) is 31.4 Å². The Morgan fingerprint density at radius 1 is 1.29 bits per heavy atom. The fraction of sp³-hybridized carbons (Fsp3) is 0.412. The van der Waals surface area contributed by atoms with Gasteiger partial charge in [0.25, 0.3) is 0 Å². The highest BCUT2D eigenvalue weighted by Gasteiger charge is 2.38. The maximum Gasteiger partial charge on any atom is 0.435 e. The van der Waals surface area contributed by atoms with E-state index < -0.39 is 11.9 Å². The lowest BCUT2D eigenvalue weighted by atomic mass is 10.1. The monoisotopic (exact) mass is 337 g/mol. The minimum atomic E-state index is -4.49. The number of amides is 1. The van der Waals surface area contributed by atoms with Gasteiger partial charge in [0, 0.05) is 18.2 Å². The summed E-state index contributed by atoms with van der Waals surface area (Å²) in [5, 5.41) is 6.30. The summed E-state index contributed by atoms with van der Waals surface area (Å²) in [6, 6.07) is 8.75. The van der Waals surface area contributed by atoms with Crippen LogP contribution in [0.15, 0.2) is 30.3 Å². The number of rotatable bonds is 5. The molecule has 2 aromatic rings. The molecule has 1 aliphatic rings. The zero-order valence-electron chi connectivity index (χ0n) is 13.2. The van der Waals surface area contributed by atoms with Crippen LogP contribution >= 0.6 is 0 Å². The smallest absolute Gasteiger partial charge is 0.350 e. The first-order valence-electron chi connectivity index (χ1n) is 7.80. The first kappa shape index (κ1) is 16.5. The lowest BCUT2D eigenvalue weighted by molar-refractivity contribution is -0.141. The molecule has 0 spiro atoms. The molecule has 1 fully saturated rings. The van der Waals surface area contributed by atoms with Gasteiger partial charge in [0.1, 0.15) is 6.54 Å². The molecule has 1 N–H and O–H groups in total. The maximum absolute atomic E-state index is 12.8. The van der Waals surface area contributed by atoms with Crippen LogP contribution in [0.3, 0.4) is 0 Å². The van der Waals surface area contributed by atoms with E-state index in [9.17, 15) is 18.0 Å². The van der Waals surface area contributed by atoms with Crippen molar-refractivity contribution in [2.45, 2.75) is 44.9 Å². The molecule has 1 aliphatic carbocycles. The van der Waals surface area contributed by atoms with Gasteiger partial charge in [-0.1, -0.05) is 29.8 Å². The maximum atomic E-state index is 12.8. The van der Waals surface area contributed by atoms with Crippen molar-refractivity contribution < 1.29 is 18.0 Å². The number of carbonyl (C=O) groups excluding carboxylic acids is 1. The standard InChI is InChI=1S/C17H18F3N3O/c1-11-2-4-12(5-3-11)9-21-16(24)10-23-14(13-6-7-13)8-15(22-23)17(18,19)20/h2-5,8,13H,6-7,9-10H2,1H3,(H,21,24). The van der Waals surface area contributed by atoms with Crippen molar-refractivity contribution in [2.24, 2.45) is 0 Å². The summed E-state index contributed by atoms with van der Waals surface area (Å²) < 4.78 is 39.7. The third-order valence-corrected chi connectivity index (χ3v) is 4.00. The molecular formula is C17H18F3N3O. The van der Waals surface area contributed by atoms with Gasteiger partial charge in [0.2, 0.25) is 5.91 Å². The summed E-state index contributed by atoms with van der Waals surface area (Å²) in [7, 11) is 0. The van der Waals surface area contributed by atoms with Crippen molar-refractivity contribution in [3.05, 3.63) is 52.8 Å². The van der Waals surface area contributed by atoms with Crippen LogP contribution in [0.4, 0.5) is 13.2 Å². The summed E-state index contributed by atoms with van der Waals surface area (Å²) in [5.41, 5.74) is 1.62. The Hall–Kier alpha value is -2.31. The number of carbonyl (C=O) groups is 1. The summed E-state index contributed by atoms with van der Waals surface area (Å²) in [6.45, 7) is 2.11. The van der Waals surface area contributed by atoms with E-state index in [4.69, 9.17) is 0 Å². The minimum Gasteiger partial charge on any atom is -0.350 e. The van der Waals surface area contributed by atoms with E-state index in [1.165, 1.54) is 4.68 Å². The van der Waals surface area contributed by atoms with Crippen LogP contribution in [0.5, 0.6) is 0 Å². The van der Waals surface area contributed by atoms with Crippen molar-refractivity contribution in [2.75, 3.05) is 0 Å². The van der Waals surface area contributed by atoms with E-state index >= 15 is 0 Å². The van der Waals surface area contributed by atoms with Crippen LogP contribution in [0.2, 0.25) is 0 Å². The summed E-state index contributed by atoms with van der Waals surface area (Å²) >= 11 is 0. The molecule has 1 amide bonds. The van der Waals surface area contributed by atoms with Crippen molar-refractivity contribution >= 4 is 5.91 Å². The van der Waals surface area contributed by atoms with Crippen molar-refractivity contribution in [3.63, 3.8) is 0 Å². The van der Waals surface area contributed by atoms with Crippen LogP contribution in [-0.4, -0.2) is 15.7 Å². The number of aromatic nitrogens is 2. The van der Waals surface area contributed by atoms with E-state index in [0.717, 1.165) is 30.0 Å². The zero-order valence-corrected chi connectivity index (χ0v) is 13.2. The molecule has 0 radical (unpaired) electrons. The molecule has 1 aromatic carbocycles. The van der Waals surface area contributed by atoms with Gasteiger partial charge in [0.05, 0.1) is 0 Å². The number of halogens is 3. The van der Waals surface area contributed by atoms with Gasteiger partial charge in [-0.25, -0.2) is 0 Å². The molecule has 3 rings (SSSR count). The lowest BCUT2D eigenvalue weighted by Gasteiger charge is -2.08. The molecule has 0 aliphatic heterocycles. The zero-order chi connectivity index (χ0) is 17.3. The van der Waals surface area contributed by atoms with Gasteiger partial charge in [0.15, 0.2) is 5.69 Å². The van der Waals surface area contributed by atoms with Crippen molar-refractivity contribution in [3.8, 4) is 0 Å². The van der Waals surface area contributed by atoms with Crippen LogP contribution in [-0.2, 0) is 24.1 Å². The highest BCUT2D eigenvalue weighted by Crippen LogP contribution is 2.42. The number of alkyl halides is 3. The fourth-order valence-electron chi connectivity index (χ4n) is 2.50. The molecule has 0 atom stereocenters. The summed E-state index contributed by atoms with van der Waals surface area (Å²) in [6.07, 6.45) is -2.81. The molecule has 0 saturated heterocycles. The van der Waals surface area contributed by atoms with E-state index in [2.05, 4.69) is 10.4 Å². The van der Waals surface area contributed by atoms with Gasteiger partial charge in [-0.2, -0.15) is 18.3 Å². The molecule has 0 unspecified atom stereocenters. The average Bonchev–Trinajstić information content (AvgIpc) is 3.26. The summed E-state index contributed by atoms with van der Waals surface area (Å²) in [4.78, 5) is 12.1. The average molecular weight is 337 g/mol. The molecule has 24 heavy (non-hydrogen) atoms.